The molecule has 1 rings (SSSR count). The van der Waals surface area contributed by atoms with E-state index in [0.29, 0.717) is 44.4 Å². The number of likely N-dealkylation sites (N-methyl/N-ethyl adjacent to an activating group) is 1. The average Bonchev–Trinajstić information content (AvgIpc) is 2.51. The van der Waals surface area contributed by atoms with Gasteiger partial charge in [0.1, 0.15) is 0 Å². The fraction of sp³-hybridized carbons (Fsp3) is 0.895. The van der Waals surface area contributed by atoms with Gasteiger partial charge >= 0.3 is 6.09 Å². The highest BCUT2D eigenvalue weighted by Crippen LogP contribution is 2.19. The van der Waals surface area contributed by atoms with Crippen LogP contribution in [-0.2, 0) is 9.53 Å². The zero-order chi connectivity index (χ0) is 19.0. The van der Waals surface area contributed by atoms with Crippen LogP contribution in [0, 0.1) is 17.8 Å². The quantitative estimate of drug-likeness (QED) is 0.727. The van der Waals surface area contributed by atoms with Crippen molar-refractivity contribution in [3.8, 4) is 0 Å². The van der Waals surface area contributed by atoms with Crippen LogP contribution >= 0.6 is 0 Å². The molecule has 1 fully saturated rings. The molecule has 1 aliphatic heterocycles. The largest absolute Gasteiger partial charge is 0.449 e. The van der Waals surface area contributed by atoms with Gasteiger partial charge < -0.3 is 19.9 Å². The topological polar surface area (TPSA) is 61.9 Å². The first-order valence-corrected chi connectivity index (χ1v) is 9.55. The maximum Gasteiger partial charge on any atom is 0.409 e. The first-order chi connectivity index (χ1) is 11.7. The van der Waals surface area contributed by atoms with Crippen LogP contribution in [0.3, 0.4) is 0 Å². The Labute approximate surface area is 153 Å². The Kier molecular flexibility index (Phi) is 9.25. The van der Waals surface area contributed by atoms with E-state index in [2.05, 4.69) is 24.1 Å². The van der Waals surface area contributed by atoms with E-state index in [-0.39, 0.29) is 24.0 Å². The average molecular weight is 356 g/mol. The number of hydrogen-bond acceptors (Lipinski definition) is 4. The highest BCUT2D eigenvalue weighted by atomic mass is 16.6. The smallest absolute Gasteiger partial charge is 0.409 e. The van der Waals surface area contributed by atoms with Crippen LogP contribution in [0.5, 0.6) is 0 Å². The van der Waals surface area contributed by atoms with E-state index in [0.717, 1.165) is 13.0 Å². The van der Waals surface area contributed by atoms with Crippen LogP contribution in [0.15, 0.2) is 0 Å². The van der Waals surface area contributed by atoms with Gasteiger partial charge in [0.2, 0.25) is 5.91 Å². The third-order valence-electron chi connectivity index (χ3n) is 4.35. The van der Waals surface area contributed by atoms with E-state index in [1.807, 2.05) is 27.9 Å². The van der Waals surface area contributed by atoms with Gasteiger partial charge in [0.15, 0.2) is 0 Å². The molecule has 0 aliphatic carbocycles. The van der Waals surface area contributed by atoms with Crippen LogP contribution in [-0.4, -0.2) is 68.2 Å². The minimum Gasteiger partial charge on any atom is -0.449 e. The minimum absolute atomic E-state index is 0.00836. The molecular formula is C19H37N3O3. The number of carbonyl (C=O) groups excluding carboxylic acids is 2. The SMILES string of the molecule is CC(C)COC(=O)N1CCC(C(=O)NC(CC(C)C)CN(C)C)CC1. The highest BCUT2D eigenvalue weighted by molar-refractivity contribution is 5.79. The lowest BCUT2D eigenvalue weighted by Gasteiger charge is -2.32. The Morgan fingerprint density at radius 3 is 2.20 bits per heavy atom. The Balaban J connectivity index is 2.44. The summed E-state index contributed by atoms with van der Waals surface area (Å²) < 4.78 is 5.27. The summed E-state index contributed by atoms with van der Waals surface area (Å²) in [6.45, 7) is 10.9. The van der Waals surface area contributed by atoms with Gasteiger partial charge in [-0.25, -0.2) is 4.79 Å². The molecule has 6 nitrogen and oxygen atoms in total. The van der Waals surface area contributed by atoms with Crippen molar-refractivity contribution in [1.29, 1.82) is 0 Å². The van der Waals surface area contributed by atoms with Crippen molar-refractivity contribution in [3.05, 3.63) is 0 Å². The van der Waals surface area contributed by atoms with E-state index < -0.39 is 0 Å². The predicted molar refractivity (Wildman–Crippen MR) is 100 cm³/mol. The molecule has 25 heavy (non-hydrogen) atoms. The summed E-state index contributed by atoms with van der Waals surface area (Å²) in [5.41, 5.74) is 0. The summed E-state index contributed by atoms with van der Waals surface area (Å²) in [6, 6.07) is 0.177. The molecule has 6 heteroatoms. The molecule has 0 radical (unpaired) electrons. The van der Waals surface area contributed by atoms with Crippen molar-refractivity contribution in [2.45, 2.75) is 53.0 Å². The number of nitrogens with zero attached hydrogens (tertiary/aromatic N) is 2. The van der Waals surface area contributed by atoms with Gasteiger partial charge in [-0.15, -0.1) is 0 Å². The van der Waals surface area contributed by atoms with Crippen LogP contribution in [0.2, 0.25) is 0 Å². The highest BCUT2D eigenvalue weighted by Gasteiger charge is 2.29. The number of amides is 2. The van der Waals surface area contributed by atoms with Crippen molar-refractivity contribution in [2.75, 3.05) is 40.3 Å². The molecule has 0 saturated carbocycles. The second-order valence-electron chi connectivity index (χ2n) is 8.33. The summed E-state index contributed by atoms with van der Waals surface area (Å²) in [7, 11) is 4.06. The van der Waals surface area contributed by atoms with Gasteiger partial charge in [0, 0.05) is 31.6 Å². The van der Waals surface area contributed by atoms with Crippen molar-refractivity contribution in [3.63, 3.8) is 0 Å². The molecule has 0 spiro atoms. The number of nitrogens with one attached hydrogen (secondary N) is 1. The maximum atomic E-state index is 12.6. The van der Waals surface area contributed by atoms with Crippen LogP contribution < -0.4 is 5.32 Å². The van der Waals surface area contributed by atoms with Gasteiger partial charge in [-0.1, -0.05) is 27.7 Å². The fourth-order valence-electron chi connectivity index (χ4n) is 3.16. The Morgan fingerprint density at radius 1 is 1.12 bits per heavy atom. The van der Waals surface area contributed by atoms with E-state index in [1.165, 1.54) is 0 Å². The molecule has 1 saturated heterocycles. The normalized spacial score (nSPS) is 17.2. The summed E-state index contributed by atoms with van der Waals surface area (Å²) in [5, 5.41) is 3.22. The molecule has 1 heterocycles. The molecule has 1 atom stereocenters. The molecule has 1 aliphatic rings. The summed E-state index contributed by atoms with van der Waals surface area (Å²) >= 11 is 0. The summed E-state index contributed by atoms with van der Waals surface area (Å²) in [5.74, 6) is 0.998. The number of hydrogen-bond donors (Lipinski definition) is 1. The first kappa shape index (κ1) is 21.7. The van der Waals surface area contributed by atoms with E-state index >= 15 is 0 Å². The third kappa shape index (κ3) is 8.56. The molecule has 1 N–H and O–H groups in total. The number of ether oxygens (including phenoxy) is 1. The number of rotatable bonds is 8. The first-order valence-electron chi connectivity index (χ1n) is 9.55. The van der Waals surface area contributed by atoms with E-state index in [1.54, 1.807) is 4.90 Å². The number of likely N-dealkylation sites (tertiary alicyclic amines) is 1. The maximum absolute atomic E-state index is 12.6. The van der Waals surface area contributed by atoms with Crippen molar-refractivity contribution in [1.82, 2.24) is 15.1 Å². The molecule has 146 valence electrons. The lowest BCUT2D eigenvalue weighted by atomic mass is 9.95. The van der Waals surface area contributed by atoms with Gasteiger partial charge in [0.05, 0.1) is 6.61 Å². The lowest BCUT2D eigenvalue weighted by molar-refractivity contribution is -0.127. The van der Waals surface area contributed by atoms with Gasteiger partial charge in [-0.3, -0.25) is 4.79 Å². The molecule has 0 aromatic heterocycles. The zero-order valence-electron chi connectivity index (χ0n) is 16.9. The number of piperidine rings is 1. The minimum atomic E-state index is -0.252. The zero-order valence-corrected chi connectivity index (χ0v) is 16.9. The molecular weight excluding hydrogens is 318 g/mol. The van der Waals surface area contributed by atoms with Crippen LogP contribution in [0.25, 0.3) is 0 Å². The van der Waals surface area contributed by atoms with Crippen molar-refractivity contribution < 1.29 is 14.3 Å². The monoisotopic (exact) mass is 355 g/mol. The lowest BCUT2D eigenvalue weighted by Crippen LogP contribution is -2.48. The predicted octanol–water partition coefficient (Wildman–Crippen LogP) is 2.58. The van der Waals surface area contributed by atoms with Crippen molar-refractivity contribution in [2.24, 2.45) is 17.8 Å². The van der Waals surface area contributed by atoms with Gasteiger partial charge in [-0.2, -0.15) is 0 Å². The molecule has 0 aromatic rings. The second-order valence-corrected chi connectivity index (χ2v) is 8.33. The molecule has 1 unspecified atom stereocenters. The Morgan fingerprint density at radius 2 is 1.72 bits per heavy atom. The second kappa shape index (κ2) is 10.6. The Bertz CT molecular complexity index is 406. The van der Waals surface area contributed by atoms with Crippen molar-refractivity contribution >= 4 is 12.0 Å². The standard InChI is InChI=1S/C19H37N3O3/c1-14(2)11-17(12-21(5)6)20-18(23)16-7-9-22(10-8-16)19(24)25-13-15(3)4/h14-17H,7-13H2,1-6H3,(H,20,23). The Hall–Kier alpha value is -1.30. The van der Waals surface area contributed by atoms with E-state index in [9.17, 15) is 9.59 Å². The molecule has 0 bridgehead atoms. The van der Waals surface area contributed by atoms with Crippen LogP contribution in [0.4, 0.5) is 4.79 Å². The third-order valence-corrected chi connectivity index (χ3v) is 4.35. The number of carbonyl (C=O) groups is 2. The molecule has 0 aromatic carbocycles. The summed E-state index contributed by atoms with van der Waals surface area (Å²) in [4.78, 5) is 28.4. The molecule has 2 amide bonds. The van der Waals surface area contributed by atoms with Crippen LogP contribution in [0.1, 0.15) is 47.0 Å². The summed E-state index contributed by atoms with van der Waals surface area (Å²) in [6.07, 6.45) is 2.14. The fourth-order valence-corrected chi connectivity index (χ4v) is 3.16. The van der Waals surface area contributed by atoms with Gasteiger partial charge in [0.25, 0.3) is 0 Å². The van der Waals surface area contributed by atoms with Gasteiger partial charge in [-0.05, 0) is 45.2 Å². The van der Waals surface area contributed by atoms with E-state index in [4.69, 9.17) is 4.74 Å².